The fourth-order valence-electron chi connectivity index (χ4n) is 5.42. The van der Waals surface area contributed by atoms with E-state index in [9.17, 15) is 4.79 Å². The van der Waals surface area contributed by atoms with Crippen LogP contribution in [0.25, 0.3) is 16.7 Å². The van der Waals surface area contributed by atoms with Crippen LogP contribution in [-0.2, 0) is 7.05 Å². The summed E-state index contributed by atoms with van der Waals surface area (Å²) in [4.78, 5) is 13.8. The van der Waals surface area contributed by atoms with Crippen LogP contribution in [0, 0.1) is 0 Å². The predicted octanol–water partition coefficient (Wildman–Crippen LogP) is 2.59. The number of nitrogens with zero attached hydrogens (tertiary/aromatic N) is 3. The van der Waals surface area contributed by atoms with E-state index in [1.54, 1.807) is 4.57 Å². The van der Waals surface area contributed by atoms with Crippen molar-refractivity contribution < 1.29 is 4.57 Å². The van der Waals surface area contributed by atoms with Crippen molar-refractivity contribution in [3.05, 3.63) is 150 Å². The van der Waals surface area contributed by atoms with E-state index < -0.39 is 8.07 Å². The minimum absolute atomic E-state index is 0.178. The molecule has 5 aromatic carbocycles. The third-order valence-corrected chi connectivity index (χ3v) is 11.9. The molecule has 1 aromatic heterocycles. The SMILES string of the molecule is C[n+]1c(=O)n(-c2ccccc2)nc2cccc([Si](c3ccccc3)(c3ccccc3)c3ccccc3)c21. The van der Waals surface area contributed by atoms with Gasteiger partial charge in [-0.05, 0) is 33.8 Å². The number of aromatic nitrogens is 3. The summed E-state index contributed by atoms with van der Waals surface area (Å²) >= 11 is 0. The number of benzene rings is 5. The quantitative estimate of drug-likeness (QED) is 0.209. The predicted molar refractivity (Wildman–Crippen MR) is 152 cm³/mol. The highest BCUT2D eigenvalue weighted by molar-refractivity contribution is 7.20. The van der Waals surface area contributed by atoms with Gasteiger partial charge in [-0.3, -0.25) is 0 Å². The molecule has 37 heavy (non-hydrogen) atoms. The van der Waals surface area contributed by atoms with Gasteiger partial charge in [0, 0.05) is 5.19 Å². The maximum absolute atomic E-state index is 13.8. The Balaban J connectivity index is 1.78. The van der Waals surface area contributed by atoms with Crippen molar-refractivity contribution in [1.82, 2.24) is 9.78 Å². The highest BCUT2D eigenvalue weighted by Crippen LogP contribution is 2.14. The zero-order chi connectivity index (χ0) is 25.2. The Hall–Kier alpha value is -4.61. The number of hydrogen-bond acceptors (Lipinski definition) is 2. The van der Waals surface area contributed by atoms with E-state index in [1.807, 2.05) is 43.4 Å². The molecule has 0 N–H and O–H groups in total. The Labute approximate surface area is 216 Å². The third kappa shape index (κ3) is 3.72. The van der Waals surface area contributed by atoms with Crippen LogP contribution >= 0.6 is 0 Å². The van der Waals surface area contributed by atoms with Crippen molar-refractivity contribution in [1.29, 1.82) is 0 Å². The summed E-state index contributed by atoms with van der Waals surface area (Å²) in [5.74, 6) is 0. The molecule has 0 radical (unpaired) electrons. The lowest BCUT2D eigenvalue weighted by Crippen LogP contribution is -2.76. The molecule has 0 fully saturated rings. The van der Waals surface area contributed by atoms with Crippen LogP contribution in [0.2, 0.25) is 0 Å². The maximum atomic E-state index is 13.8. The van der Waals surface area contributed by atoms with E-state index in [4.69, 9.17) is 5.10 Å². The number of rotatable bonds is 5. The lowest BCUT2D eigenvalue weighted by atomic mass is 10.3. The Morgan fingerprint density at radius 2 is 1.05 bits per heavy atom. The van der Waals surface area contributed by atoms with Crippen molar-refractivity contribution in [2.75, 3.05) is 0 Å². The van der Waals surface area contributed by atoms with E-state index in [-0.39, 0.29) is 5.69 Å². The molecular weight excluding hydrogens is 470 g/mol. The third-order valence-electron chi connectivity index (χ3n) is 7.05. The molecule has 6 rings (SSSR count). The zero-order valence-corrected chi connectivity index (χ0v) is 21.5. The summed E-state index contributed by atoms with van der Waals surface area (Å²) in [5.41, 5.74) is 2.21. The summed E-state index contributed by atoms with van der Waals surface area (Å²) in [6, 6.07) is 48.0. The lowest BCUT2D eigenvalue weighted by Gasteiger charge is -2.34. The molecule has 1 heterocycles. The first-order valence-corrected chi connectivity index (χ1v) is 14.4. The van der Waals surface area contributed by atoms with Crippen LogP contribution in [0.1, 0.15) is 0 Å². The van der Waals surface area contributed by atoms with Crippen LogP contribution in [0.5, 0.6) is 0 Å². The van der Waals surface area contributed by atoms with Gasteiger partial charge in [-0.1, -0.05) is 131 Å². The Morgan fingerprint density at radius 1 is 0.595 bits per heavy atom. The molecule has 0 aliphatic rings. The van der Waals surface area contributed by atoms with Crippen molar-refractivity contribution in [2.45, 2.75) is 0 Å². The smallest absolute Gasteiger partial charge is 0.194 e. The Kier molecular flexibility index (Phi) is 5.83. The molecule has 0 spiro atoms. The van der Waals surface area contributed by atoms with Gasteiger partial charge in [0.15, 0.2) is 24.8 Å². The maximum Gasteiger partial charge on any atom is 0.524 e. The summed E-state index contributed by atoms with van der Waals surface area (Å²) < 4.78 is 3.25. The molecule has 5 heteroatoms. The second-order valence-corrected chi connectivity index (χ2v) is 12.9. The van der Waals surface area contributed by atoms with Gasteiger partial charge in [-0.2, -0.15) is 9.36 Å². The second kappa shape index (κ2) is 9.45. The lowest BCUT2D eigenvalue weighted by molar-refractivity contribution is -0.664. The molecule has 0 aliphatic heterocycles. The molecule has 0 saturated carbocycles. The van der Waals surface area contributed by atoms with Gasteiger partial charge >= 0.3 is 5.69 Å². The highest BCUT2D eigenvalue weighted by Gasteiger charge is 2.44. The number of para-hydroxylation sites is 2. The fraction of sp³-hybridized carbons (Fsp3) is 0.0312. The largest absolute Gasteiger partial charge is 0.524 e. The van der Waals surface area contributed by atoms with Crippen LogP contribution in [0.3, 0.4) is 0 Å². The summed E-state index contributed by atoms with van der Waals surface area (Å²) in [6.45, 7) is 0. The molecule has 0 bridgehead atoms. The van der Waals surface area contributed by atoms with Gasteiger partial charge in [-0.25, -0.2) is 0 Å². The van der Waals surface area contributed by atoms with E-state index in [0.29, 0.717) is 0 Å². The molecule has 178 valence electrons. The van der Waals surface area contributed by atoms with Crippen LogP contribution in [0.4, 0.5) is 0 Å². The molecular formula is C32H26N3OSi+. The van der Waals surface area contributed by atoms with Crippen LogP contribution in [0.15, 0.2) is 144 Å². The first kappa shape index (κ1) is 22.8. The molecule has 0 amide bonds. The van der Waals surface area contributed by atoms with Crippen molar-refractivity contribution in [3.8, 4) is 5.69 Å². The number of aryl methyl sites for hydroxylation is 1. The topological polar surface area (TPSA) is 38.8 Å². The Morgan fingerprint density at radius 3 is 1.54 bits per heavy atom. The average Bonchev–Trinajstić information content (AvgIpc) is 2.97. The van der Waals surface area contributed by atoms with Gasteiger partial charge in [0.1, 0.15) is 0 Å². The van der Waals surface area contributed by atoms with Crippen molar-refractivity contribution in [2.24, 2.45) is 7.05 Å². The van der Waals surface area contributed by atoms with E-state index in [1.165, 1.54) is 20.2 Å². The summed E-state index contributed by atoms with van der Waals surface area (Å²) in [5, 5.41) is 9.78. The molecule has 0 unspecified atom stereocenters. The van der Waals surface area contributed by atoms with Crippen molar-refractivity contribution >= 4 is 39.9 Å². The average molecular weight is 497 g/mol. The molecule has 6 aromatic rings. The molecule has 0 saturated heterocycles. The van der Waals surface area contributed by atoms with Gasteiger partial charge in [0.25, 0.3) is 0 Å². The molecule has 0 aliphatic carbocycles. The van der Waals surface area contributed by atoms with Gasteiger partial charge < -0.3 is 0 Å². The zero-order valence-electron chi connectivity index (χ0n) is 20.5. The van der Waals surface area contributed by atoms with E-state index in [2.05, 4.69) is 103 Å². The number of fused-ring (bicyclic) bond motifs is 1. The minimum atomic E-state index is -2.82. The highest BCUT2D eigenvalue weighted by atomic mass is 28.3. The van der Waals surface area contributed by atoms with Crippen molar-refractivity contribution in [3.63, 3.8) is 0 Å². The van der Waals surface area contributed by atoms with Crippen LogP contribution < -0.4 is 31.0 Å². The van der Waals surface area contributed by atoms with Crippen LogP contribution in [-0.4, -0.2) is 17.9 Å². The van der Waals surface area contributed by atoms with E-state index in [0.717, 1.165) is 21.9 Å². The summed E-state index contributed by atoms with van der Waals surface area (Å²) in [6.07, 6.45) is 0. The number of hydrogen-bond donors (Lipinski definition) is 0. The molecule has 4 nitrogen and oxygen atoms in total. The first-order valence-electron chi connectivity index (χ1n) is 12.4. The molecule has 0 atom stereocenters. The standard InChI is InChI=1S/C32H26N3OSi/c1-34-31-29(33-35(32(34)36)25-15-6-2-7-16-25)23-14-24-30(31)37(26-17-8-3-9-18-26,27-19-10-4-11-20-27)28-21-12-5-13-22-28/h2-24H,1H3/q+1. The van der Waals surface area contributed by atoms with E-state index >= 15 is 0 Å². The Bertz CT molecular complexity index is 1640. The van der Waals surface area contributed by atoms with Gasteiger partial charge in [0.2, 0.25) is 0 Å². The summed E-state index contributed by atoms with van der Waals surface area (Å²) in [7, 11) is -0.968. The first-order chi connectivity index (χ1) is 18.2. The normalized spacial score (nSPS) is 11.5. The fourth-order valence-corrected chi connectivity index (χ4v) is 10.4. The minimum Gasteiger partial charge on any atom is -0.194 e. The monoisotopic (exact) mass is 496 g/mol. The second-order valence-electron chi connectivity index (χ2n) is 9.11. The van der Waals surface area contributed by atoms with Gasteiger partial charge in [0.05, 0.1) is 7.05 Å². The van der Waals surface area contributed by atoms with Gasteiger partial charge in [-0.15, -0.1) is 0 Å².